The highest BCUT2D eigenvalue weighted by molar-refractivity contribution is 7.84. The summed E-state index contributed by atoms with van der Waals surface area (Å²) in [5, 5.41) is 0. The number of benzene rings is 2. The third-order valence-electron chi connectivity index (χ3n) is 5.65. The maximum Gasteiger partial charge on any atom is 0.472 e. The van der Waals surface area contributed by atoms with E-state index in [1.54, 1.807) is 19.2 Å². The lowest BCUT2D eigenvalue weighted by molar-refractivity contribution is -0.142. The van der Waals surface area contributed by atoms with E-state index in [2.05, 4.69) is 4.52 Å². The summed E-state index contributed by atoms with van der Waals surface area (Å²) in [5.74, 6) is -0.838. The first-order valence-electron chi connectivity index (χ1n) is 11.5. The molecule has 0 aliphatic heterocycles. The van der Waals surface area contributed by atoms with Gasteiger partial charge in [-0.1, -0.05) is 18.2 Å². The van der Waals surface area contributed by atoms with Crippen LogP contribution in [0.25, 0.3) is 17.2 Å². The van der Waals surface area contributed by atoms with E-state index in [4.69, 9.17) is 9.26 Å². The molecule has 2 aromatic carbocycles. The maximum atomic E-state index is 14.1. The molecule has 10 heteroatoms. The second-order valence-electron chi connectivity index (χ2n) is 8.20. The second kappa shape index (κ2) is 12.7. The minimum Gasteiger partial charge on any atom is -0.465 e. The molecule has 0 fully saturated rings. The van der Waals surface area contributed by atoms with Crippen LogP contribution in [-0.2, 0) is 33.9 Å². The van der Waals surface area contributed by atoms with E-state index in [0.717, 1.165) is 27.2 Å². The molecule has 0 saturated heterocycles. The molecule has 3 rings (SSSR count). The van der Waals surface area contributed by atoms with Crippen molar-refractivity contribution in [3.8, 4) is 0 Å². The van der Waals surface area contributed by atoms with Crippen LogP contribution >= 0.6 is 7.82 Å². The lowest BCUT2D eigenvalue weighted by Crippen LogP contribution is -2.07. The van der Waals surface area contributed by atoms with E-state index < -0.39 is 30.4 Å². The fourth-order valence-corrected chi connectivity index (χ4v) is 5.15. The highest BCUT2D eigenvalue weighted by Gasteiger charge is 2.26. The maximum absolute atomic E-state index is 14.1. The largest absolute Gasteiger partial charge is 0.472 e. The fraction of sp³-hybridized carbons (Fsp3) is 0.346. The highest BCUT2D eigenvalue weighted by atomic mass is 32.2. The Bertz CT molecular complexity index is 1240. The number of phosphoric ester groups is 1. The van der Waals surface area contributed by atoms with Crippen LogP contribution in [0.15, 0.2) is 52.9 Å². The van der Waals surface area contributed by atoms with Gasteiger partial charge in [-0.15, -0.1) is 0 Å². The standard InChI is InChI=1S/C26H30FO7PS/c1-4-33-35(29,30)34-14-6-5-13-32-26(28)17-24-18(2)23(22-12-9-20(27)16-25(22)24)15-19-7-10-21(11-8-19)36(3)31/h7-12,15-16H,4-6,13-14,17H2,1-3H3,(H,29,30)/b23-15-. The van der Waals surface area contributed by atoms with Crippen LogP contribution in [0.3, 0.4) is 0 Å². The van der Waals surface area contributed by atoms with Crippen molar-refractivity contribution in [1.82, 2.24) is 0 Å². The summed E-state index contributed by atoms with van der Waals surface area (Å²) in [6.45, 7) is 3.68. The Morgan fingerprint density at radius 3 is 2.44 bits per heavy atom. The molecular weight excluding hydrogens is 506 g/mol. The SMILES string of the molecule is CCOP(=O)(O)OCCCCOC(=O)CC1=C(C)/C(=C/c2ccc(S(C)=O)cc2)c2ccc(F)cc21. The fourth-order valence-electron chi connectivity index (χ4n) is 3.87. The molecule has 0 bridgehead atoms. The molecule has 0 heterocycles. The summed E-state index contributed by atoms with van der Waals surface area (Å²) in [6.07, 6.45) is 4.44. The van der Waals surface area contributed by atoms with E-state index in [-0.39, 0.29) is 26.2 Å². The zero-order valence-corrected chi connectivity index (χ0v) is 22.2. The Labute approximate surface area is 213 Å². The van der Waals surface area contributed by atoms with Crippen LogP contribution in [0.2, 0.25) is 0 Å². The number of allylic oxidation sites excluding steroid dienone is 2. The zero-order valence-electron chi connectivity index (χ0n) is 20.5. The second-order valence-corrected chi connectivity index (χ2v) is 11.0. The molecule has 2 atom stereocenters. The number of carbonyl (C=O) groups excluding carboxylic acids is 1. The summed E-state index contributed by atoms with van der Waals surface area (Å²) in [6, 6.07) is 11.9. The third kappa shape index (κ3) is 7.54. The van der Waals surface area contributed by atoms with Crippen molar-refractivity contribution >= 4 is 41.8 Å². The summed E-state index contributed by atoms with van der Waals surface area (Å²) >= 11 is 0. The van der Waals surface area contributed by atoms with Crippen LogP contribution in [0, 0.1) is 5.82 Å². The number of hydrogen-bond donors (Lipinski definition) is 1. The van der Waals surface area contributed by atoms with Gasteiger partial charge in [0.25, 0.3) is 0 Å². The van der Waals surface area contributed by atoms with Gasteiger partial charge in [-0.05, 0) is 90.4 Å². The van der Waals surface area contributed by atoms with Gasteiger partial charge in [0.1, 0.15) is 5.82 Å². The molecule has 7 nitrogen and oxygen atoms in total. The normalized spacial score (nSPS) is 16.6. The monoisotopic (exact) mass is 536 g/mol. The number of ether oxygens (including phenoxy) is 1. The van der Waals surface area contributed by atoms with Gasteiger partial charge in [0, 0.05) is 22.0 Å². The molecule has 194 valence electrons. The summed E-state index contributed by atoms with van der Waals surface area (Å²) in [4.78, 5) is 22.6. The molecule has 1 N–H and O–H groups in total. The average Bonchev–Trinajstić information content (AvgIpc) is 3.06. The van der Waals surface area contributed by atoms with E-state index in [1.807, 2.05) is 37.3 Å². The van der Waals surface area contributed by atoms with E-state index >= 15 is 0 Å². The van der Waals surface area contributed by atoms with Crippen LogP contribution < -0.4 is 0 Å². The Hall–Kier alpha value is -2.42. The molecule has 0 saturated carbocycles. The van der Waals surface area contributed by atoms with Gasteiger partial charge in [-0.2, -0.15) is 0 Å². The smallest absolute Gasteiger partial charge is 0.465 e. The quantitative estimate of drug-likeness (QED) is 0.209. The number of carbonyl (C=O) groups is 1. The zero-order chi connectivity index (χ0) is 26.3. The first-order valence-corrected chi connectivity index (χ1v) is 14.6. The number of fused-ring (bicyclic) bond motifs is 1. The number of rotatable bonds is 12. The van der Waals surface area contributed by atoms with Crippen molar-refractivity contribution in [3.63, 3.8) is 0 Å². The van der Waals surface area contributed by atoms with Crippen LogP contribution in [0.1, 0.15) is 49.8 Å². The molecule has 2 unspecified atom stereocenters. The predicted molar refractivity (Wildman–Crippen MR) is 138 cm³/mol. The molecule has 0 spiro atoms. The van der Waals surface area contributed by atoms with Crippen molar-refractivity contribution < 1.29 is 36.6 Å². The lowest BCUT2D eigenvalue weighted by Gasteiger charge is -2.11. The van der Waals surface area contributed by atoms with Crippen LogP contribution in [0.5, 0.6) is 0 Å². The van der Waals surface area contributed by atoms with E-state index in [9.17, 15) is 22.9 Å². The first-order chi connectivity index (χ1) is 17.1. The number of phosphoric acid groups is 1. The van der Waals surface area contributed by atoms with Gasteiger partial charge in [-0.3, -0.25) is 18.1 Å². The number of halogens is 1. The van der Waals surface area contributed by atoms with Crippen molar-refractivity contribution in [1.29, 1.82) is 0 Å². The van der Waals surface area contributed by atoms with E-state index in [0.29, 0.717) is 24.0 Å². The van der Waals surface area contributed by atoms with E-state index in [1.165, 1.54) is 12.1 Å². The van der Waals surface area contributed by atoms with Gasteiger partial charge in [-0.25, -0.2) is 8.96 Å². The third-order valence-corrected chi connectivity index (χ3v) is 7.68. The van der Waals surface area contributed by atoms with Gasteiger partial charge in [0.2, 0.25) is 0 Å². The van der Waals surface area contributed by atoms with Gasteiger partial charge < -0.3 is 9.63 Å². The minimum absolute atomic E-state index is 0.00550. The van der Waals surface area contributed by atoms with Gasteiger partial charge >= 0.3 is 13.8 Å². The first kappa shape index (κ1) is 28.2. The Kier molecular flexibility index (Phi) is 9.93. The minimum atomic E-state index is -4.02. The summed E-state index contributed by atoms with van der Waals surface area (Å²) in [5.41, 5.74) is 4.84. The highest BCUT2D eigenvalue weighted by Crippen LogP contribution is 2.44. The Balaban J connectivity index is 1.66. The number of unbranched alkanes of at least 4 members (excludes halogenated alkanes) is 1. The molecule has 2 aromatic rings. The Morgan fingerprint density at radius 1 is 1.08 bits per heavy atom. The van der Waals surface area contributed by atoms with Crippen molar-refractivity contribution in [2.24, 2.45) is 0 Å². The molecular formula is C26H30FO7PS. The van der Waals surface area contributed by atoms with Gasteiger partial charge in [0.05, 0.1) is 26.2 Å². The molecule has 1 aliphatic carbocycles. The molecule has 0 radical (unpaired) electrons. The van der Waals surface area contributed by atoms with Crippen molar-refractivity contribution in [2.45, 2.75) is 38.0 Å². The average molecular weight is 537 g/mol. The van der Waals surface area contributed by atoms with Crippen molar-refractivity contribution in [2.75, 3.05) is 26.1 Å². The Morgan fingerprint density at radius 2 is 1.78 bits per heavy atom. The van der Waals surface area contributed by atoms with Crippen LogP contribution in [0.4, 0.5) is 4.39 Å². The molecule has 36 heavy (non-hydrogen) atoms. The lowest BCUT2D eigenvalue weighted by atomic mass is 10.0. The number of esters is 1. The summed E-state index contributed by atoms with van der Waals surface area (Å²) < 4.78 is 52.0. The van der Waals surface area contributed by atoms with Gasteiger partial charge in [0.15, 0.2) is 0 Å². The topological polar surface area (TPSA) is 99.1 Å². The molecule has 0 amide bonds. The number of hydrogen-bond acceptors (Lipinski definition) is 6. The van der Waals surface area contributed by atoms with Crippen molar-refractivity contribution in [3.05, 3.63) is 70.5 Å². The molecule has 0 aromatic heterocycles. The summed E-state index contributed by atoms with van der Waals surface area (Å²) in [7, 11) is -5.09. The predicted octanol–water partition coefficient (Wildman–Crippen LogP) is 5.76. The van der Waals surface area contributed by atoms with Crippen LogP contribution in [-0.4, -0.2) is 41.1 Å². The molecule has 1 aliphatic rings.